The molecular weight excluding hydrogens is 1040 g/mol. The highest BCUT2D eigenvalue weighted by Gasteiger charge is 2.15. The van der Waals surface area contributed by atoms with E-state index in [1.54, 1.807) is 6.07 Å². The van der Waals surface area contributed by atoms with E-state index >= 15 is 0 Å². The van der Waals surface area contributed by atoms with Crippen LogP contribution in [-0.4, -0.2) is 70.6 Å². The Balaban J connectivity index is 0.000000414. The largest absolute Gasteiger partial charge is 0.503 e. The molecule has 0 bridgehead atoms. The van der Waals surface area contributed by atoms with Crippen LogP contribution in [0.2, 0.25) is 25.1 Å². The maximum atomic E-state index is 12.5. The molecule has 0 spiro atoms. The first kappa shape index (κ1) is 59.8. The fourth-order valence-electron chi connectivity index (χ4n) is 4.70. The molecule has 17 nitrogen and oxygen atoms in total. The standard InChI is InChI=1S/C9H9ClO.C8H7ClO3.C7H4ClFO.3C7H4ClNO3/c10-6-5-8-3-1-2-4-9(8)7-11;1-12-7-3-5(4-10)2-6(9)8(7)11;8-6-2-1-3-7(9)5(6)4-10;8-7-2-1-6(9(11)12)3-5(7)4-10;8-6-2-1-5(4-10)3-7(6)9(11)12;8-6-2-1-3-7(9(11)12)5(6)4-10/h1-4,7H,5-6H2;2-4,11H,1H3;1-4H;3*1-4H. The van der Waals surface area contributed by atoms with Crippen LogP contribution >= 0.6 is 69.6 Å². The topological polar surface area (TPSA) is 261 Å². The van der Waals surface area contributed by atoms with Crippen LogP contribution in [0.25, 0.3) is 0 Å². The number of alkyl halides is 1. The summed E-state index contributed by atoms with van der Waals surface area (Å²) in [5, 5.41) is 40.7. The van der Waals surface area contributed by atoms with Gasteiger partial charge in [-0.15, -0.1) is 11.6 Å². The summed E-state index contributed by atoms with van der Waals surface area (Å²) in [6, 6.07) is 26.0. The van der Waals surface area contributed by atoms with E-state index in [4.69, 9.17) is 74.3 Å². The van der Waals surface area contributed by atoms with Gasteiger partial charge in [-0.25, -0.2) is 4.39 Å². The predicted molar refractivity (Wildman–Crippen MR) is 259 cm³/mol. The molecule has 0 aliphatic rings. The van der Waals surface area contributed by atoms with E-state index in [-0.39, 0.29) is 75.9 Å². The van der Waals surface area contributed by atoms with E-state index in [0.717, 1.165) is 36.0 Å². The van der Waals surface area contributed by atoms with E-state index in [1.807, 2.05) is 18.2 Å². The summed E-state index contributed by atoms with van der Waals surface area (Å²) < 4.78 is 17.3. The third kappa shape index (κ3) is 19.9. The molecule has 0 aliphatic carbocycles. The molecule has 0 heterocycles. The molecule has 360 valence electrons. The van der Waals surface area contributed by atoms with Crippen molar-refractivity contribution in [1.29, 1.82) is 0 Å². The lowest BCUT2D eigenvalue weighted by Crippen LogP contribution is -1.94. The number of aryl methyl sites for hydroxylation is 1. The van der Waals surface area contributed by atoms with Crippen LogP contribution in [0, 0.1) is 36.2 Å². The van der Waals surface area contributed by atoms with Crippen molar-refractivity contribution in [3.05, 3.63) is 209 Å². The van der Waals surface area contributed by atoms with Crippen molar-refractivity contribution in [1.82, 2.24) is 0 Å². The molecular formula is C45H32Cl6FN3O14. The van der Waals surface area contributed by atoms with E-state index in [2.05, 4.69) is 0 Å². The lowest BCUT2D eigenvalue weighted by atomic mass is 10.1. The lowest BCUT2D eigenvalue weighted by molar-refractivity contribution is -0.385. The second kappa shape index (κ2) is 31.7. The normalized spacial score (nSPS) is 9.45. The molecule has 0 saturated heterocycles. The van der Waals surface area contributed by atoms with Crippen LogP contribution in [0.3, 0.4) is 0 Å². The van der Waals surface area contributed by atoms with Crippen LogP contribution in [-0.2, 0) is 6.42 Å². The van der Waals surface area contributed by atoms with E-state index in [0.29, 0.717) is 42.9 Å². The first-order valence-electron chi connectivity index (χ1n) is 18.4. The zero-order chi connectivity index (χ0) is 52.2. The first-order valence-corrected chi connectivity index (χ1v) is 20.9. The minimum atomic E-state index is -0.643. The van der Waals surface area contributed by atoms with Crippen LogP contribution in [0.15, 0.2) is 109 Å². The number of phenolic OH excluding ortho intramolecular Hbond substituents is 1. The highest BCUT2D eigenvalue weighted by molar-refractivity contribution is 6.34. The number of nitro groups is 3. The zero-order valence-electron chi connectivity index (χ0n) is 35.0. The Labute approximate surface area is 420 Å². The van der Waals surface area contributed by atoms with Crippen molar-refractivity contribution in [2.75, 3.05) is 13.0 Å². The van der Waals surface area contributed by atoms with Gasteiger partial charge in [-0.2, -0.15) is 0 Å². The molecule has 6 rings (SSSR count). The van der Waals surface area contributed by atoms with Crippen LogP contribution in [0.4, 0.5) is 21.5 Å². The van der Waals surface area contributed by atoms with Crippen molar-refractivity contribution >= 4 is 124 Å². The smallest absolute Gasteiger partial charge is 0.288 e. The summed E-state index contributed by atoms with van der Waals surface area (Å²) in [5.41, 5.74) is 1.70. The number of non-ortho nitro benzene ring substituents is 1. The van der Waals surface area contributed by atoms with E-state index < -0.39 is 20.6 Å². The first-order chi connectivity index (χ1) is 32.8. The highest BCUT2D eigenvalue weighted by atomic mass is 35.5. The second-order valence-corrected chi connectivity index (χ2v) is 14.8. The molecule has 1 N–H and O–H groups in total. The quantitative estimate of drug-likeness (QED) is 0.0517. The number of rotatable bonds is 12. The molecule has 0 fully saturated rings. The highest BCUT2D eigenvalue weighted by Crippen LogP contribution is 2.34. The molecule has 0 aromatic heterocycles. The second-order valence-electron chi connectivity index (χ2n) is 12.4. The number of carbonyl (C=O) groups excluding carboxylic acids is 6. The summed E-state index contributed by atoms with van der Waals surface area (Å²) in [7, 11) is 1.39. The molecule has 24 heteroatoms. The Morgan fingerprint density at radius 3 is 1.59 bits per heavy atom. The van der Waals surface area contributed by atoms with Crippen molar-refractivity contribution in [2.24, 2.45) is 0 Å². The van der Waals surface area contributed by atoms with Crippen LogP contribution in [0.5, 0.6) is 11.5 Å². The number of hydrogen-bond donors (Lipinski definition) is 1. The predicted octanol–water partition coefficient (Wildman–Crippen LogP) is 12.6. The number of nitro benzene ring substituents is 3. The molecule has 0 aliphatic heterocycles. The van der Waals surface area contributed by atoms with Gasteiger partial charge in [0.1, 0.15) is 35.3 Å². The van der Waals surface area contributed by atoms with Gasteiger partial charge in [-0.3, -0.25) is 59.1 Å². The van der Waals surface area contributed by atoms with Gasteiger partial charge in [0.2, 0.25) is 0 Å². The fourth-order valence-corrected chi connectivity index (χ4v) is 5.89. The molecule has 0 unspecified atom stereocenters. The van der Waals surface area contributed by atoms with Crippen molar-refractivity contribution in [3.8, 4) is 11.5 Å². The van der Waals surface area contributed by atoms with Crippen LogP contribution < -0.4 is 4.74 Å². The molecule has 0 atom stereocenters. The number of carbonyl (C=O) groups is 6. The van der Waals surface area contributed by atoms with Gasteiger partial charge < -0.3 is 9.84 Å². The molecule has 6 aromatic rings. The Hall–Kier alpha value is -7.19. The third-order valence-corrected chi connectivity index (χ3v) is 9.84. The van der Waals surface area contributed by atoms with Crippen molar-refractivity contribution in [2.45, 2.75) is 6.42 Å². The Kier molecular flexibility index (Phi) is 27.5. The SMILES string of the molecule is COc1cc(C=O)cc(Cl)c1O.O=Cc1c(Cl)cccc1[N+](=O)[O-].O=Cc1c(F)cccc1Cl.O=Cc1cc([N+](=O)[O-])ccc1Cl.O=Cc1ccc(Cl)c([N+](=O)[O-])c1.O=Cc1ccccc1CCCl. The summed E-state index contributed by atoms with van der Waals surface area (Å²) in [6.07, 6.45) is 4.04. The maximum absolute atomic E-state index is 12.5. The average Bonchev–Trinajstić information content (AvgIpc) is 3.33. The minimum absolute atomic E-state index is 0.0330. The van der Waals surface area contributed by atoms with Gasteiger partial charge in [0.15, 0.2) is 30.4 Å². The van der Waals surface area contributed by atoms with Crippen molar-refractivity contribution in [3.63, 3.8) is 0 Å². The number of phenols is 1. The summed E-state index contributed by atoms with van der Waals surface area (Å²) >= 11 is 33.2. The molecule has 0 radical (unpaired) electrons. The Morgan fingerprint density at radius 2 is 1.12 bits per heavy atom. The van der Waals surface area contributed by atoms with Gasteiger partial charge >= 0.3 is 0 Å². The zero-order valence-corrected chi connectivity index (χ0v) is 39.5. The number of nitrogens with zero attached hydrogens (tertiary/aromatic N) is 3. The molecule has 0 amide bonds. The maximum Gasteiger partial charge on any atom is 0.288 e. The number of halogens is 7. The average molecular weight is 1070 g/mol. The molecule has 0 saturated carbocycles. The van der Waals surface area contributed by atoms with Gasteiger partial charge in [0, 0.05) is 52.4 Å². The number of ether oxygens (including phenoxy) is 1. The fraction of sp³-hybridized carbons (Fsp3) is 0.0667. The Morgan fingerprint density at radius 1 is 0.551 bits per heavy atom. The molecule has 6 aromatic carbocycles. The number of aldehydes is 6. The summed E-state index contributed by atoms with van der Waals surface area (Å²) in [4.78, 5) is 90.8. The van der Waals surface area contributed by atoms with Gasteiger partial charge in [-0.05, 0) is 60.5 Å². The number of benzene rings is 6. The van der Waals surface area contributed by atoms with E-state index in [9.17, 15) is 68.6 Å². The monoisotopic (exact) mass is 1070 g/mol. The third-order valence-electron chi connectivity index (χ3n) is 8.04. The number of hydrogen-bond acceptors (Lipinski definition) is 14. The minimum Gasteiger partial charge on any atom is -0.503 e. The summed E-state index contributed by atoms with van der Waals surface area (Å²) in [5.74, 6) is 0.0297. The molecule has 69 heavy (non-hydrogen) atoms. The lowest BCUT2D eigenvalue weighted by Gasteiger charge is -2.04. The van der Waals surface area contributed by atoms with Gasteiger partial charge in [0.05, 0.1) is 47.5 Å². The summed E-state index contributed by atoms with van der Waals surface area (Å²) in [6.45, 7) is 0. The van der Waals surface area contributed by atoms with Gasteiger partial charge in [-0.1, -0.05) is 94.4 Å². The van der Waals surface area contributed by atoms with E-state index in [1.165, 1.54) is 79.9 Å². The van der Waals surface area contributed by atoms with Crippen LogP contribution in [0.1, 0.15) is 67.7 Å². The number of aromatic hydroxyl groups is 1. The Bertz CT molecular complexity index is 2780. The van der Waals surface area contributed by atoms with Crippen molar-refractivity contribution < 1.29 is 57.8 Å². The number of methoxy groups -OCH3 is 1. The van der Waals surface area contributed by atoms with Gasteiger partial charge in [0.25, 0.3) is 17.1 Å².